The van der Waals surface area contributed by atoms with Crippen molar-refractivity contribution in [2.45, 2.75) is 44.7 Å². The van der Waals surface area contributed by atoms with Gasteiger partial charge in [0.05, 0.1) is 17.9 Å². The number of halogens is 1. The first-order valence-corrected chi connectivity index (χ1v) is 10.2. The van der Waals surface area contributed by atoms with Gasteiger partial charge in [-0.1, -0.05) is 0 Å². The third-order valence-electron chi connectivity index (χ3n) is 5.82. The summed E-state index contributed by atoms with van der Waals surface area (Å²) in [6, 6.07) is 9.93. The van der Waals surface area contributed by atoms with Crippen LogP contribution in [0.25, 0.3) is 11.1 Å². The van der Waals surface area contributed by atoms with E-state index in [0.29, 0.717) is 36.1 Å². The van der Waals surface area contributed by atoms with Gasteiger partial charge in [-0.2, -0.15) is 5.10 Å². The lowest BCUT2D eigenvalue weighted by atomic mass is 9.92. The molecule has 1 atom stereocenters. The largest absolute Gasteiger partial charge is 0.465 e. The maximum atomic E-state index is 13.4. The average Bonchev–Trinajstić information content (AvgIpc) is 3.46. The van der Waals surface area contributed by atoms with Crippen LogP contribution in [0.15, 0.2) is 48.8 Å². The minimum absolute atomic E-state index is 0.114. The zero-order valence-corrected chi connectivity index (χ0v) is 16.6. The van der Waals surface area contributed by atoms with E-state index < -0.39 is 6.09 Å². The van der Waals surface area contributed by atoms with E-state index in [9.17, 15) is 14.3 Å². The number of anilines is 1. The molecule has 5 rings (SSSR count). The van der Waals surface area contributed by atoms with Crippen LogP contribution in [0.3, 0.4) is 0 Å². The van der Waals surface area contributed by atoms with Gasteiger partial charge in [0.25, 0.3) is 0 Å². The summed E-state index contributed by atoms with van der Waals surface area (Å²) in [5.74, 6) is 0.767. The maximum Gasteiger partial charge on any atom is 0.412 e. The third kappa shape index (κ3) is 3.30. The Morgan fingerprint density at radius 2 is 1.93 bits per heavy atom. The van der Waals surface area contributed by atoms with E-state index in [2.05, 4.69) is 5.10 Å². The predicted octanol–water partition coefficient (Wildman–Crippen LogP) is 5.64. The summed E-state index contributed by atoms with van der Waals surface area (Å²) in [7, 11) is 0. The molecule has 1 amide bonds. The molecule has 1 aliphatic carbocycles. The van der Waals surface area contributed by atoms with Crippen molar-refractivity contribution < 1.29 is 19.0 Å². The second-order valence-electron chi connectivity index (χ2n) is 7.98. The zero-order valence-electron chi connectivity index (χ0n) is 16.6. The summed E-state index contributed by atoms with van der Waals surface area (Å²) >= 11 is 0. The lowest BCUT2D eigenvalue weighted by Gasteiger charge is -2.34. The van der Waals surface area contributed by atoms with E-state index in [1.807, 2.05) is 36.1 Å². The Labute approximate surface area is 173 Å². The van der Waals surface area contributed by atoms with Gasteiger partial charge in [-0.05, 0) is 69.0 Å². The van der Waals surface area contributed by atoms with Gasteiger partial charge in [-0.15, -0.1) is 0 Å². The molecule has 1 N–H and O–H groups in total. The number of fused-ring (bicyclic) bond motifs is 1. The number of rotatable bonds is 4. The number of nitrogens with zero attached hydrogens (tertiary/aromatic N) is 3. The van der Waals surface area contributed by atoms with Crippen molar-refractivity contribution in [3.8, 4) is 22.6 Å². The van der Waals surface area contributed by atoms with Crippen LogP contribution >= 0.6 is 0 Å². The number of aromatic nitrogens is 2. The molecule has 2 aliphatic rings. The standard InChI is InChI=1S/C23H22FN3O3/c1-14-2-9-20-21(27(14)23(28)29)11-10-19(15-12-25-26(13-15)17-5-6-17)22(20)30-18-7-3-16(24)4-8-18/h3-4,7-8,10-14,17H,2,5-6,9H2,1H3,(H,28,29)/t14-/m0/s1. The minimum Gasteiger partial charge on any atom is -0.465 e. The lowest BCUT2D eigenvalue weighted by Crippen LogP contribution is -2.41. The molecule has 0 unspecified atom stereocenters. The monoisotopic (exact) mass is 407 g/mol. The van der Waals surface area contributed by atoms with Crippen molar-refractivity contribution in [1.29, 1.82) is 0 Å². The van der Waals surface area contributed by atoms with Crippen molar-refractivity contribution in [1.82, 2.24) is 9.78 Å². The maximum absolute atomic E-state index is 13.4. The number of amides is 1. The van der Waals surface area contributed by atoms with Gasteiger partial charge in [-0.25, -0.2) is 9.18 Å². The van der Waals surface area contributed by atoms with Crippen LogP contribution in [0, 0.1) is 5.82 Å². The molecule has 0 spiro atoms. The van der Waals surface area contributed by atoms with Crippen molar-refractivity contribution in [2.24, 2.45) is 0 Å². The molecule has 1 fully saturated rings. The smallest absolute Gasteiger partial charge is 0.412 e. The van der Waals surface area contributed by atoms with Crippen molar-refractivity contribution in [3.05, 3.63) is 60.2 Å². The van der Waals surface area contributed by atoms with Gasteiger partial charge in [-0.3, -0.25) is 9.58 Å². The minimum atomic E-state index is -0.981. The molecule has 154 valence electrons. The van der Waals surface area contributed by atoms with Crippen LogP contribution in [0.4, 0.5) is 14.9 Å². The van der Waals surface area contributed by atoms with Crippen LogP contribution in [0.1, 0.15) is 37.8 Å². The number of hydrogen-bond acceptors (Lipinski definition) is 3. The van der Waals surface area contributed by atoms with Gasteiger partial charge in [0.1, 0.15) is 17.3 Å². The molecule has 6 nitrogen and oxygen atoms in total. The molecule has 0 radical (unpaired) electrons. The highest BCUT2D eigenvalue weighted by Crippen LogP contribution is 2.45. The van der Waals surface area contributed by atoms with Crippen LogP contribution in [-0.2, 0) is 6.42 Å². The molecule has 1 aromatic heterocycles. The van der Waals surface area contributed by atoms with E-state index in [1.54, 1.807) is 12.1 Å². The number of ether oxygens (including phenoxy) is 1. The van der Waals surface area contributed by atoms with Crippen molar-refractivity contribution >= 4 is 11.8 Å². The predicted molar refractivity (Wildman–Crippen MR) is 111 cm³/mol. The summed E-state index contributed by atoms with van der Waals surface area (Å²) in [5.41, 5.74) is 3.25. The molecule has 3 aromatic rings. The Morgan fingerprint density at radius 1 is 1.17 bits per heavy atom. The lowest BCUT2D eigenvalue weighted by molar-refractivity contribution is 0.198. The summed E-state index contributed by atoms with van der Waals surface area (Å²) in [6.45, 7) is 1.91. The first kappa shape index (κ1) is 18.7. The summed E-state index contributed by atoms with van der Waals surface area (Å²) in [6.07, 6.45) is 6.51. The van der Waals surface area contributed by atoms with Crippen LogP contribution in [0.5, 0.6) is 11.5 Å². The van der Waals surface area contributed by atoms with E-state index in [0.717, 1.165) is 29.5 Å². The number of carbonyl (C=O) groups is 1. The van der Waals surface area contributed by atoms with Crippen LogP contribution in [0.2, 0.25) is 0 Å². The molecular weight excluding hydrogens is 385 g/mol. The third-order valence-corrected chi connectivity index (χ3v) is 5.82. The Bertz CT molecular complexity index is 1110. The van der Waals surface area contributed by atoms with Gasteiger partial charge < -0.3 is 9.84 Å². The normalized spacial score (nSPS) is 18.2. The summed E-state index contributed by atoms with van der Waals surface area (Å²) in [4.78, 5) is 13.3. The molecule has 2 aromatic carbocycles. The molecule has 30 heavy (non-hydrogen) atoms. The van der Waals surface area contributed by atoms with Crippen molar-refractivity contribution in [2.75, 3.05) is 4.90 Å². The molecule has 2 heterocycles. The fourth-order valence-electron chi connectivity index (χ4n) is 4.08. The highest BCUT2D eigenvalue weighted by molar-refractivity contribution is 5.91. The molecular formula is C23H22FN3O3. The van der Waals surface area contributed by atoms with Crippen molar-refractivity contribution in [3.63, 3.8) is 0 Å². The molecule has 0 bridgehead atoms. The topological polar surface area (TPSA) is 67.6 Å². The average molecular weight is 407 g/mol. The van der Waals surface area contributed by atoms with Gasteiger partial charge in [0.2, 0.25) is 0 Å². The fraction of sp³-hybridized carbons (Fsp3) is 0.304. The van der Waals surface area contributed by atoms with E-state index in [-0.39, 0.29) is 11.9 Å². The molecule has 1 saturated carbocycles. The summed E-state index contributed by atoms with van der Waals surface area (Å²) in [5, 5.41) is 14.2. The number of carboxylic acid groups (broad SMARTS) is 1. The molecule has 1 aliphatic heterocycles. The highest BCUT2D eigenvalue weighted by Gasteiger charge is 2.32. The van der Waals surface area contributed by atoms with Gasteiger partial charge in [0.15, 0.2) is 0 Å². The van der Waals surface area contributed by atoms with E-state index in [4.69, 9.17) is 4.74 Å². The Hall–Kier alpha value is -3.35. The van der Waals surface area contributed by atoms with E-state index in [1.165, 1.54) is 17.0 Å². The fourth-order valence-corrected chi connectivity index (χ4v) is 4.08. The number of hydrogen-bond donors (Lipinski definition) is 1. The van der Waals surface area contributed by atoms with Gasteiger partial charge >= 0.3 is 6.09 Å². The van der Waals surface area contributed by atoms with Crippen LogP contribution < -0.4 is 9.64 Å². The van der Waals surface area contributed by atoms with E-state index >= 15 is 0 Å². The Kier molecular flexibility index (Phi) is 4.46. The number of benzene rings is 2. The Balaban J connectivity index is 1.64. The zero-order chi connectivity index (χ0) is 20.8. The van der Waals surface area contributed by atoms with Crippen LogP contribution in [-0.4, -0.2) is 27.0 Å². The second kappa shape index (κ2) is 7.16. The quantitative estimate of drug-likeness (QED) is 0.608. The Morgan fingerprint density at radius 3 is 2.63 bits per heavy atom. The molecule has 7 heteroatoms. The molecule has 0 saturated heterocycles. The highest BCUT2D eigenvalue weighted by atomic mass is 19.1. The first-order chi connectivity index (χ1) is 14.5. The van der Waals surface area contributed by atoms with Gasteiger partial charge in [0, 0.05) is 28.9 Å². The summed E-state index contributed by atoms with van der Waals surface area (Å²) < 4.78 is 21.6. The first-order valence-electron chi connectivity index (χ1n) is 10.2. The SMILES string of the molecule is C[C@H]1CCc2c(ccc(-c3cnn(C4CC4)c3)c2Oc2ccc(F)cc2)N1C(=O)O. The second-order valence-corrected chi connectivity index (χ2v) is 7.98.